The van der Waals surface area contributed by atoms with Crippen LogP contribution in [0.25, 0.3) is 0 Å². The van der Waals surface area contributed by atoms with Gasteiger partial charge in [-0.1, -0.05) is 55.9 Å². The van der Waals surface area contributed by atoms with Gasteiger partial charge in [0.05, 0.1) is 12.3 Å². The van der Waals surface area contributed by atoms with Gasteiger partial charge in [0.15, 0.2) is 11.0 Å². The molecule has 8 heteroatoms. The minimum absolute atomic E-state index is 0.104. The molecule has 1 heterocycles. The van der Waals surface area contributed by atoms with Crippen LogP contribution in [0, 0.1) is 6.92 Å². The number of hydrogen-bond donors (Lipinski definition) is 2. The molecule has 1 aromatic heterocycles. The third-order valence-electron chi connectivity index (χ3n) is 5.10. The molecule has 2 N–H and O–H groups in total. The Morgan fingerprint density at radius 1 is 1.06 bits per heavy atom. The third kappa shape index (κ3) is 5.97. The SMILES string of the molecule is CCn1c(CNC(=O)c2ccccc2C)nnc1SCC(=O)Nc1ccc(C(C)C)cc1. The normalized spacial score (nSPS) is 10.9. The summed E-state index contributed by atoms with van der Waals surface area (Å²) in [6.07, 6.45) is 0. The summed E-state index contributed by atoms with van der Waals surface area (Å²) >= 11 is 1.33. The summed E-state index contributed by atoms with van der Waals surface area (Å²) < 4.78 is 1.91. The maximum absolute atomic E-state index is 12.5. The number of aryl methyl sites for hydroxylation is 1. The summed E-state index contributed by atoms with van der Waals surface area (Å²) in [4.78, 5) is 24.8. The molecule has 0 saturated heterocycles. The van der Waals surface area contributed by atoms with E-state index in [0.29, 0.717) is 29.0 Å². The molecule has 0 spiro atoms. The zero-order valence-electron chi connectivity index (χ0n) is 18.9. The highest BCUT2D eigenvalue weighted by molar-refractivity contribution is 7.99. The Morgan fingerprint density at radius 3 is 2.44 bits per heavy atom. The summed E-state index contributed by atoms with van der Waals surface area (Å²) in [5.41, 5.74) is 3.57. The second-order valence-corrected chi connectivity index (χ2v) is 8.70. The zero-order chi connectivity index (χ0) is 23.1. The Kier molecular flexibility index (Phi) is 8.05. The Hall–Kier alpha value is -3.13. The summed E-state index contributed by atoms with van der Waals surface area (Å²) in [6, 6.07) is 15.3. The molecule has 2 aromatic carbocycles. The molecule has 0 aliphatic carbocycles. The van der Waals surface area contributed by atoms with E-state index >= 15 is 0 Å². The molecular formula is C24H29N5O2S. The maximum Gasteiger partial charge on any atom is 0.251 e. The lowest BCUT2D eigenvalue weighted by molar-refractivity contribution is -0.113. The fraction of sp³-hybridized carbons (Fsp3) is 0.333. The van der Waals surface area contributed by atoms with Crippen molar-refractivity contribution in [3.63, 3.8) is 0 Å². The second-order valence-electron chi connectivity index (χ2n) is 7.75. The number of anilines is 1. The molecule has 0 unspecified atom stereocenters. The number of thioether (sulfide) groups is 1. The molecule has 0 aliphatic rings. The smallest absolute Gasteiger partial charge is 0.251 e. The van der Waals surface area contributed by atoms with Gasteiger partial charge < -0.3 is 15.2 Å². The predicted octanol–water partition coefficient (Wildman–Crippen LogP) is 4.39. The molecule has 0 saturated carbocycles. The first kappa shape index (κ1) is 23.5. The number of benzene rings is 2. The van der Waals surface area contributed by atoms with Crippen LogP contribution in [0.5, 0.6) is 0 Å². The summed E-state index contributed by atoms with van der Waals surface area (Å²) in [7, 11) is 0. The van der Waals surface area contributed by atoms with E-state index in [9.17, 15) is 9.59 Å². The molecule has 168 valence electrons. The van der Waals surface area contributed by atoms with Crippen LogP contribution in [-0.4, -0.2) is 32.3 Å². The quantitative estimate of drug-likeness (QED) is 0.471. The lowest BCUT2D eigenvalue weighted by atomic mass is 10.0. The number of hydrogen-bond acceptors (Lipinski definition) is 5. The number of nitrogens with zero attached hydrogens (tertiary/aromatic N) is 3. The van der Waals surface area contributed by atoms with Crippen LogP contribution in [0.15, 0.2) is 53.7 Å². The van der Waals surface area contributed by atoms with Crippen molar-refractivity contribution in [1.82, 2.24) is 20.1 Å². The van der Waals surface area contributed by atoms with Gasteiger partial charge in [0.1, 0.15) is 0 Å². The number of rotatable bonds is 9. The Balaban J connectivity index is 1.55. The van der Waals surface area contributed by atoms with Crippen molar-refractivity contribution in [2.75, 3.05) is 11.1 Å². The van der Waals surface area contributed by atoms with Gasteiger partial charge in [-0.05, 0) is 49.1 Å². The third-order valence-corrected chi connectivity index (χ3v) is 6.07. The fourth-order valence-electron chi connectivity index (χ4n) is 3.23. The predicted molar refractivity (Wildman–Crippen MR) is 128 cm³/mol. The zero-order valence-corrected chi connectivity index (χ0v) is 19.7. The van der Waals surface area contributed by atoms with E-state index in [1.54, 1.807) is 6.07 Å². The molecule has 0 fully saturated rings. The highest BCUT2D eigenvalue weighted by atomic mass is 32.2. The summed E-state index contributed by atoms with van der Waals surface area (Å²) in [6.45, 7) is 9.07. The molecule has 0 radical (unpaired) electrons. The van der Waals surface area contributed by atoms with Gasteiger partial charge in [-0.15, -0.1) is 10.2 Å². The molecule has 32 heavy (non-hydrogen) atoms. The number of carbonyl (C=O) groups excluding carboxylic acids is 2. The monoisotopic (exact) mass is 451 g/mol. The molecule has 7 nitrogen and oxygen atoms in total. The van der Waals surface area contributed by atoms with Crippen molar-refractivity contribution >= 4 is 29.3 Å². The topological polar surface area (TPSA) is 88.9 Å². The fourth-order valence-corrected chi connectivity index (χ4v) is 4.06. The van der Waals surface area contributed by atoms with E-state index in [2.05, 4.69) is 34.7 Å². The van der Waals surface area contributed by atoms with Gasteiger partial charge in [0, 0.05) is 17.8 Å². The second kappa shape index (κ2) is 10.9. The molecule has 2 amide bonds. The van der Waals surface area contributed by atoms with Crippen molar-refractivity contribution in [2.45, 2.75) is 51.9 Å². The van der Waals surface area contributed by atoms with E-state index in [4.69, 9.17) is 0 Å². The maximum atomic E-state index is 12.5. The van der Waals surface area contributed by atoms with Crippen molar-refractivity contribution in [2.24, 2.45) is 0 Å². The number of nitrogens with one attached hydrogen (secondary N) is 2. The summed E-state index contributed by atoms with van der Waals surface area (Å²) in [5.74, 6) is 1.07. The van der Waals surface area contributed by atoms with Crippen LogP contribution < -0.4 is 10.6 Å². The number of aromatic nitrogens is 3. The highest BCUT2D eigenvalue weighted by Crippen LogP contribution is 2.20. The molecule has 0 aliphatic heterocycles. The van der Waals surface area contributed by atoms with Crippen molar-refractivity contribution in [1.29, 1.82) is 0 Å². The Morgan fingerprint density at radius 2 is 1.78 bits per heavy atom. The molecular weight excluding hydrogens is 422 g/mol. The van der Waals surface area contributed by atoms with E-state index < -0.39 is 0 Å². The minimum Gasteiger partial charge on any atom is -0.345 e. The average molecular weight is 452 g/mol. The largest absolute Gasteiger partial charge is 0.345 e. The van der Waals surface area contributed by atoms with Crippen molar-refractivity contribution in [3.8, 4) is 0 Å². The van der Waals surface area contributed by atoms with E-state index in [1.807, 2.05) is 60.9 Å². The van der Waals surface area contributed by atoms with Crippen molar-refractivity contribution < 1.29 is 9.59 Å². The molecule has 3 rings (SSSR count). The molecule has 3 aromatic rings. The van der Waals surface area contributed by atoms with Crippen LogP contribution in [0.2, 0.25) is 0 Å². The van der Waals surface area contributed by atoms with Gasteiger partial charge in [-0.3, -0.25) is 9.59 Å². The molecule has 0 atom stereocenters. The standard InChI is InChI=1S/C24H29N5O2S/c1-5-29-21(14-25-23(31)20-9-7-6-8-17(20)4)27-28-24(29)32-15-22(30)26-19-12-10-18(11-13-19)16(2)3/h6-13,16H,5,14-15H2,1-4H3,(H,25,31)(H,26,30). The van der Waals surface area contributed by atoms with Gasteiger partial charge in [0.25, 0.3) is 5.91 Å². The Bertz CT molecular complexity index is 1080. The van der Waals surface area contributed by atoms with E-state index in [1.165, 1.54) is 17.3 Å². The summed E-state index contributed by atoms with van der Waals surface area (Å²) in [5, 5.41) is 14.9. The number of carbonyl (C=O) groups is 2. The molecule has 0 bridgehead atoms. The lowest BCUT2D eigenvalue weighted by Crippen LogP contribution is -2.25. The van der Waals surface area contributed by atoms with E-state index in [0.717, 1.165) is 11.3 Å². The Labute approximate surface area is 193 Å². The van der Waals surface area contributed by atoms with Crippen LogP contribution in [0.4, 0.5) is 5.69 Å². The van der Waals surface area contributed by atoms with Crippen LogP contribution in [0.3, 0.4) is 0 Å². The first-order valence-corrected chi connectivity index (χ1v) is 11.7. The first-order chi connectivity index (χ1) is 15.4. The van der Waals surface area contributed by atoms with E-state index in [-0.39, 0.29) is 24.1 Å². The van der Waals surface area contributed by atoms with Gasteiger partial charge in [-0.25, -0.2) is 0 Å². The van der Waals surface area contributed by atoms with Crippen LogP contribution in [-0.2, 0) is 17.9 Å². The highest BCUT2D eigenvalue weighted by Gasteiger charge is 2.15. The lowest BCUT2D eigenvalue weighted by Gasteiger charge is -2.10. The van der Waals surface area contributed by atoms with Crippen LogP contribution in [0.1, 0.15) is 54.0 Å². The minimum atomic E-state index is -0.147. The van der Waals surface area contributed by atoms with Crippen LogP contribution >= 0.6 is 11.8 Å². The average Bonchev–Trinajstić information content (AvgIpc) is 3.18. The first-order valence-electron chi connectivity index (χ1n) is 10.7. The van der Waals surface area contributed by atoms with Crippen molar-refractivity contribution in [3.05, 3.63) is 71.0 Å². The number of amides is 2. The van der Waals surface area contributed by atoms with Gasteiger partial charge in [0.2, 0.25) is 5.91 Å². The van der Waals surface area contributed by atoms with Gasteiger partial charge in [-0.2, -0.15) is 0 Å². The van der Waals surface area contributed by atoms with Gasteiger partial charge >= 0.3 is 0 Å².